The summed E-state index contributed by atoms with van der Waals surface area (Å²) in [5.41, 5.74) is 7.22. The minimum atomic E-state index is -0.928. The second-order valence-electron chi connectivity index (χ2n) is 5.64. The first-order valence-corrected chi connectivity index (χ1v) is 9.02. The lowest BCUT2D eigenvalue weighted by Crippen LogP contribution is -2.26. The van der Waals surface area contributed by atoms with Gasteiger partial charge in [-0.2, -0.15) is 0 Å². The molecule has 0 amide bonds. The van der Waals surface area contributed by atoms with Crippen LogP contribution in [0.1, 0.15) is 45.7 Å². The second-order valence-corrected chi connectivity index (χ2v) is 8.80. The Balaban J connectivity index is 2.95. The van der Waals surface area contributed by atoms with Crippen LogP contribution >= 0.6 is 26.4 Å². The maximum Gasteiger partial charge on any atom is 0.307 e. The van der Waals surface area contributed by atoms with Gasteiger partial charge >= 0.3 is 5.97 Å². The number of hydrogen-bond donors (Lipinski definition) is 2. The predicted octanol–water partition coefficient (Wildman–Crippen LogP) is 3.73. The minimum absolute atomic E-state index is 0.0491. The van der Waals surface area contributed by atoms with Crippen LogP contribution in [-0.2, 0) is 9.53 Å². The lowest BCUT2D eigenvalue weighted by atomic mass is 10.1. The van der Waals surface area contributed by atoms with Crippen LogP contribution < -0.4 is 4.72 Å². The highest BCUT2D eigenvalue weighted by Gasteiger charge is 2.21. The van der Waals surface area contributed by atoms with Gasteiger partial charge in [0.1, 0.15) is 4.60 Å². The minimum Gasteiger partial charge on any atom is -0.466 e. The third kappa shape index (κ3) is 6.22. The van der Waals surface area contributed by atoms with E-state index in [0.29, 0.717) is 6.61 Å². The average molecular weight is 375 g/mol. The normalized spacial score (nSPS) is 14.5. The summed E-state index contributed by atoms with van der Waals surface area (Å²) in [6, 6.07) is 3.59. The molecule has 2 atom stereocenters. The number of thiol groups is 1. The topological polar surface area (TPSA) is 51.2 Å². The van der Waals surface area contributed by atoms with Crippen LogP contribution in [0.5, 0.6) is 0 Å². The summed E-state index contributed by atoms with van der Waals surface area (Å²) < 4.78 is 9.11. The molecule has 0 fully saturated rings. The van der Waals surface area contributed by atoms with Crippen molar-refractivity contribution < 1.29 is 9.53 Å². The van der Waals surface area contributed by atoms with Crippen LogP contribution in [0, 0.1) is 5.69 Å². The van der Waals surface area contributed by atoms with Crippen LogP contribution in [0.3, 0.4) is 0 Å². The molecule has 1 aromatic heterocycles. The van der Waals surface area contributed by atoms with Crippen LogP contribution in [0.25, 0.3) is 0 Å². The van der Waals surface area contributed by atoms with Gasteiger partial charge in [0.15, 0.2) is 0 Å². The Bertz CT molecular complexity index is 561. The third-order valence-electron chi connectivity index (χ3n) is 2.85. The average Bonchev–Trinajstić information content (AvgIpc) is 2.37. The van der Waals surface area contributed by atoms with Crippen molar-refractivity contribution >= 4 is 32.4 Å². The molecule has 0 bridgehead atoms. The highest BCUT2D eigenvalue weighted by Crippen LogP contribution is 2.30. The van der Waals surface area contributed by atoms with Crippen molar-refractivity contribution in [1.82, 2.24) is 9.71 Å². The molecule has 6 heteroatoms. The van der Waals surface area contributed by atoms with Crippen molar-refractivity contribution in [3.05, 3.63) is 28.5 Å². The molecule has 0 saturated carbocycles. The number of nitrogens with zero attached hydrogens (tertiary/aromatic N) is 1. The number of ether oxygens (including phenoxy) is 1. The molecule has 1 heterocycles. The quantitative estimate of drug-likeness (QED) is 0.468. The maximum absolute atomic E-state index is 11.8. The zero-order valence-corrected chi connectivity index (χ0v) is 15.4. The molecule has 1 unspecified atom stereocenters. The van der Waals surface area contributed by atoms with Gasteiger partial charge in [-0.25, -0.2) is 4.98 Å². The van der Waals surface area contributed by atoms with E-state index in [1.54, 1.807) is 13.1 Å². The third-order valence-corrected chi connectivity index (χ3v) is 5.32. The lowest BCUT2D eigenvalue weighted by molar-refractivity contribution is -0.143. The SMILES string of the molecule is C#[SH](N[C@@H](CC(=O)OCC)c1ccnc(Br)c1)C(C)(C)C. The Kier molecular flexibility index (Phi) is 6.94. The fourth-order valence-corrected chi connectivity index (χ4v) is 2.97. The number of rotatable bonds is 5. The molecule has 0 aliphatic carbocycles. The number of carbonyl (C=O) groups is 1. The number of pyridine rings is 1. The molecule has 4 nitrogen and oxygen atoms in total. The Morgan fingerprint density at radius 3 is 2.76 bits per heavy atom. The number of halogens is 1. The number of hydrogen-bond acceptors (Lipinski definition) is 4. The molecule has 1 rings (SSSR count). The molecule has 21 heavy (non-hydrogen) atoms. The molecule has 0 spiro atoms. The Morgan fingerprint density at radius 2 is 2.24 bits per heavy atom. The summed E-state index contributed by atoms with van der Waals surface area (Å²) in [6.07, 6.45) is 1.95. The molecular weight excluding hydrogens is 352 g/mol. The van der Waals surface area contributed by atoms with Crippen molar-refractivity contribution in [3.63, 3.8) is 0 Å². The largest absolute Gasteiger partial charge is 0.466 e. The standard InChI is InChI=1S/C15H23BrN2O2S/c1-6-20-14(19)10-12(18-21(5)15(2,3)4)11-7-8-17-13(16)9-11/h5,7-9,12,18,21H,6,10H2,1-4H3/t12-/m0/s1. The van der Waals surface area contributed by atoms with E-state index in [1.807, 2.05) is 12.1 Å². The van der Waals surface area contributed by atoms with Crippen molar-refractivity contribution in [2.24, 2.45) is 0 Å². The molecule has 0 aliphatic heterocycles. The first kappa shape index (κ1) is 18.2. The van der Waals surface area contributed by atoms with Gasteiger partial charge in [-0.3, -0.25) is 9.52 Å². The van der Waals surface area contributed by atoms with Crippen molar-refractivity contribution in [2.75, 3.05) is 6.61 Å². The summed E-state index contributed by atoms with van der Waals surface area (Å²) >= 11 is 3.35. The lowest BCUT2D eigenvalue weighted by Gasteiger charge is -2.28. The monoisotopic (exact) mass is 374 g/mol. The maximum atomic E-state index is 11.8. The summed E-state index contributed by atoms with van der Waals surface area (Å²) in [5, 5.41) is 0. The van der Waals surface area contributed by atoms with E-state index in [9.17, 15) is 4.79 Å². The first-order valence-electron chi connectivity index (χ1n) is 6.82. The Labute approximate surface area is 137 Å². The van der Waals surface area contributed by atoms with Gasteiger partial charge in [-0.1, -0.05) is 20.8 Å². The Morgan fingerprint density at radius 1 is 1.57 bits per heavy atom. The number of nitrogens with one attached hydrogen (secondary N) is 1. The van der Waals surface area contributed by atoms with E-state index in [1.165, 1.54) is 0 Å². The number of aromatic nitrogens is 1. The zero-order valence-electron chi connectivity index (χ0n) is 12.9. The second kappa shape index (κ2) is 7.99. The van der Waals surface area contributed by atoms with Crippen LogP contribution in [0.15, 0.2) is 22.9 Å². The molecule has 118 valence electrons. The summed E-state index contributed by atoms with van der Waals surface area (Å²) in [4.78, 5) is 15.9. The van der Waals surface area contributed by atoms with E-state index in [-0.39, 0.29) is 23.2 Å². The van der Waals surface area contributed by atoms with Crippen molar-refractivity contribution in [1.29, 1.82) is 0 Å². The van der Waals surface area contributed by atoms with E-state index >= 15 is 0 Å². The molecule has 1 N–H and O–H groups in total. The first-order chi connectivity index (χ1) is 9.74. The Hall–Kier alpha value is -0.810. The predicted molar refractivity (Wildman–Crippen MR) is 92.7 cm³/mol. The van der Waals surface area contributed by atoms with Gasteiger partial charge in [0.25, 0.3) is 0 Å². The number of esters is 1. The molecule has 0 radical (unpaired) electrons. The zero-order chi connectivity index (χ0) is 16.0. The summed E-state index contributed by atoms with van der Waals surface area (Å²) in [5.74, 6) is -0.236. The molecule has 0 aromatic carbocycles. The van der Waals surface area contributed by atoms with Gasteiger partial charge in [0.2, 0.25) is 0 Å². The highest BCUT2D eigenvalue weighted by molar-refractivity contribution is 9.10. The van der Waals surface area contributed by atoms with Gasteiger partial charge in [-0.05, 0) is 40.5 Å². The van der Waals surface area contributed by atoms with E-state index in [0.717, 1.165) is 10.2 Å². The smallest absolute Gasteiger partial charge is 0.307 e. The van der Waals surface area contributed by atoms with Crippen LogP contribution in [-0.4, -0.2) is 22.3 Å². The van der Waals surface area contributed by atoms with Crippen LogP contribution in [0.4, 0.5) is 0 Å². The number of carbonyl (C=O) groups excluding carboxylic acids is 1. The van der Waals surface area contributed by atoms with E-state index < -0.39 is 10.5 Å². The summed E-state index contributed by atoms with van der Waals surface area (Å²) in [6.45, 7) is 8.41. The van der Waals surface area contributed by atoms with Gasteiger partial charge in [0, 0.05) is 10.9 Å². The molecule has 0 aliphatic rings. The highest BCUT2D eigenvalue weighted by atomic mass is 79.9. The fourth-order valence-electron chi connectivity index (χ4n) is 1.62. The van der Waals surface area contributed by atoms with Gasteiger partial charge in [0.05, 0.1) is 19.1 Å². The van der Waals surface area contributed by atoms with Crippen molar-refractivity contribution in [3.8, 4) is 5.69 Å². The van der Waals surface area contributed by atoms with E-state index in [2.05, 4.69) is 46.4 Å². The summed E-state index contributed by atoms with van der Waals surface area (Å²) in [7, 11) is -0.928. The molecule has 1 aromatic rings. The van der Waals surface area contributed by atoms with E-state index in [4.69, 9.17) is 10.4 Å². The molecule has 0 saturated heterocycles. The van der Waals surface area contributed by atoms with Gasteiger partial charge in [-0.15, -0.1) is 16.2 Å². The van der Waals surface area contributed by atoms with Crippen LogP contribution in [0.2, 0.25) is 0 Å². The van der Waals surface area contributed by atoms with Crippen molar-refractivity contribution in [2.45, 2.75) is 44.9 Å². The van der Waals surface area contributed by atoms with Gasteiger partial charge < -0.3 is 4.74 Å². The molecular formula is C15H23BrN2O2S. The fraction of sp³-hybridized carbons (Fsp3) is 0.533.